The summed E-state index contributed by atoms with van der Waals surface area (Å²) < 4.78 is 22.6. The molecule has 3 rings (SSSR count). The number of rotatable bonds is 10. The highest BCUT2D eigenvalue weighted by Crippen LogP contribution is 2.41. The van der Waals surface area contributed by atoms with Crippen LogP contribution in [0.25, 0.3) is 11.0 Å². The lowest BCUT2D eigenvalue weighted by Crippen LogP contribution is -2.08. The molecule has 1 heterocycles. The van der Waals surface area contributed by atoms with Gasteiger partial charge in [-0.3, -0.25) is 4.79 Å². The number of aromatic nitrogens is 1. The predicted molar refractivity (Wildman–Crippen MR) is 125 cm³/mol. The molecule has 0 fully saturated rings. The summed E-state index contributed by atoms with van der Waals surface area (Å²) in [6, 6.07) is 5.52. The Balaban J connectivity index is 1.63. The number of esters is 1. The zero-order valence-corrected chi connectivity index (χ0v) is 20.2. The Labute approximate surface area is 197 Å². The molecule has 0 saturated carbocycles. The fourth-order valence-electron chi connectivity index (χ4n) is 3.45. The van der Waals surface area contributed by atoms with Crippen molar-refractivity contribution in [2.24, 2.45) is 0 Å². The normalized spacial score (nSPS) is 11.1. The topological polar surface area (TPSA) is 70.8 Å². The molecule has 0 aliphatic carbocycles. The SMILES string of the molecule is CCCc1c(OCCCOc2c(Cl)cc(OC(C)=O)c(C)c2Cl)ccc2c(CC)noc12. The number of carbonyl (C=O) groups is 1. The first-order valence-electron chi connectivity index (χ1n) is 10.7. The molecule has 3 aromatic rings. The summed E-state index contributed by atoms with van der Waals surface area (Å²) in [5, 5.41) is 5.83. The van der Waals surface area contributed by atoms with Crippen LogP contribution in [0.5, 0.6) is 17.2 Å². The van der Waals surface area contributed by atoms with Gasteiger partial charge in [0.1, 0.15) is 11.5 Å². The molecule has 0 spiro atoms. The van der Waals surface area contributed by atoms with Crippen LogP contribution in [0.4, 0.5) is 0 Å². The molecule has 0 amide bonds. The fraction of sp³-hybridized carbons (Fsp3) is 0.417. The predicted octanol–water partition coefficient (Wildman–Crippen LogP) is 6.73. The Morgan fingerprint density at radius 1 is 1.12 bits per heavy atom. The Kier molecular flexibility index (Phi) is 8.26. The standard InChI is InChI=1S/C24H27Cl2NO5/c1-5-8-17-20(10-9-16-19(6-2)27-32-23(16)17)29-11-7-12-30-24-18(25)13-21(31-15(4)28)14(3)22(24)26/h9-10,13H,5-8,11-12H2,1-4H3. The number of hydrogen-bond donors (Lipinski definition) is 0. The molecule has 172 valence electrons. The first-order valence-corrected chi connectivity index (χ1v) is 11.5. The minimum atomic E-state index is -0.442. The highest BCUT2D eigenvalue weighted by molar-refractivity contribution is 6.38. The van der Waals surface area contributed by atoms with Crippen molar-refractivity contribution in [2.45, 2.75) is 53.4 Å². The van der Waals surface area contributed by atoms with Crippen LogP contribution in [0.1, 0.15) is 50.4 Å². The molecule has 0 aliphatic heterocycles. The summed E-state index contributed by atoms with van der Waals surface area (Å²) in [5.41, 5.74) is 3.40. The second-order valence-electron chi connectivity index (χ2n) is 7.42. The van der Waals surface area contributed by atoms with E-state index in [0.29, 0.717) is 41.7 Å². The number of ether oxygens (including phenoxy) is 3. The number of aryl methyl sites for hydroxylation is 2. The second-order valence-corrected chi connectivity index (χ2v) is 8.21. The quantitative estimate of drug-likeness (QED) is 0.182. The van der Waals surface area contributed by atoms with E-state index in [-0.39, 0.29) is 5.02 Å². The van der Waals surface area contributed by atoms with Crippen molar-refractivity contribution in [3.63, 3.8) is 0 Å². The fourth-order valence-corrected chi connectivity index (χ4v) is 3.99. The van der Waals surface area contributed by atoms with E-state index >= 15 is 0 Å². The number of hydrogen-bond acceptors (Lipinski definition) is 6. The van der Waals surface area contributed by atoms with Crippen molar-refractivity contribution in [2.75, 3.05) is 13.2 Å². The van der Waals surface area contributed by atoms with Gasteiger partial charge in [-0.2, -0.15) is 0 Å². The van der Waals surface area contributed by atoms with Crippen molar-refractivity contribution in [3.8, 4) is 17.2 Å². The average Bonchev–Trinajstić information content (AvgIpc) is 3.18. The van der Waals surface area contributed by atoms with Crippen molar-refractivity contribution < 1.29 is 23.5 Å². The Morgan fingerprint density at radius 3 is 2.56 bits per heavy atom. The highest BCUT2D eigenvalue weighted by atomic mass is 35.5. The number of nitrogens with zero attached hydrogens (tertiary/aromatic N) is 1. The lowest BCUT2D eigenvalue weighted by atomic mass is 10.0. The zero-order chi connectivity index (χ0) is 23.3. The van der Waals surface area contributed by atoms with Crippen LogP contribution in [0.15, 0.2) is 22.7 Å². The largest absolute Gasteiger partial charge is 0.493 e. The Hall–Kier alpha value is -2.44. The van der Waals surface area contributed by atoms with Crippen molar-refractivity contribution in [3.05, 3.63) is 45.1 Å². The van der Waals surface area contributed by atoms with Gasteiger partial charge in [-0.25, -0.2) is 0 Å². The number of benzene rings is 2. The summed E-state index contributed by atoms with van der Waals surface area (Å²) in [5.74, 6) is 1.04. The molecule has 0 atom stereocenters. The maximum absolute atomic E-state index is 11.2. The van der Waals surface area contributed by atoms with E-state index < -0.39 is 5.97 Å². The Morgan fingerprint density at radius 2 is 1.88 bits per heavy atom. The number of halogens is 2. The molecule has 8 heteroatoms. The monoisotopic (exact) mass is 479 g/mol. The lowest BCUT2D eigenvalue weighted by Gasteiger charge is -2.15. The van der Waals surface area contributed by atoms with Gasteiger partial charge < -0.3 is 18.7 Å². The third kappa shape index (κ3) is 5.30. The van der Waals surface area contributed by atoms with Crippen molar-refractivity contribution in [1.82, 2.24) is 5.16 Å². The van der Waals surface area contributed by atoms with E-state index in [1.165, 1.54) is 13.0 Å². The molecule has 0 saturated heterocycles. The van der Waals surface area contributed by atoms with E-state index in [1.807, 2.05) is 12.1 Å². The van der Waals surface area contributed by atoms with Crippen LogP contribution in [0, 0.1) is 6.92 Å². The summed E-state index contributed by atoms with van der Waals surface area (Å²) >= 11 is 12.6. The van der Waals surface area contributed by atoms with E-state index in [0.717, 1.165) is 47.2 Å². The van der Waals surface area contributed by atoms with Gasteiger partial charge in [-0.15, -0.1) is 0 Å². The molecule has 32 heavy (non-hydrogen) atoms. The summed E-state index contributed by atoms with van der Waals surface area (Å²) in [6.45, 7) is 8.06. The van der Waals surface area contributed by atoms with Crippen LogP contribution in [-0.2, 0) is 17.6 Å². The molecule has 0 unspecified atom stereocenters. The van der Waals surface area contributed by atoms with E-state index in [2.05, 4.69) is 19.0 Å². The number of fused-ring (bicyclic) bond motifs is 1. The third-order valence-electron chi connectivity index (χ3n) is 5.03. The average molecular weight is 480 g/mol. The lowest BCUT2D eigenvalue weighted by molar-refractivity contribution is -0.131. The van der Waals surface area contributed by atoms with Gasteiger partial charge in [-0.1, -0.05) is 48.6 Å². The van der Waals surface area contributed by atoms with Crippen LogP contribution < -0.4 is 14.2 Å². The van der Waals surface area contributed by atoms with Gasteiger partial charge in [0, 0.05) is 35.9 Å². The molecular formula is C24H27Cl2NO5. The van der Waals surface area contributed by atoms with Gasteiger partial charge in [0.2, 0.25) is 0 Å². The minimum Gasteiger partial charge on any atom is -0.493 e. The van der Waals surface area contributed by atoms with E-state index in [4.69, 9.17) is 41.9 Å². The highest BCUT2D eigenvalue weighted by Gasteiger charge is 2.18. The van der Waals surface area contributed by atoms with Gasteiger partial charge in [0.25, 0.3) is 0 Å². The zero-order valence-electron chi connectivity index (χ0n) is 18.7. The molecule has 6 nitrogen and oxygen atoms in total. The summed E-state index contributed by atoms with van der Waals surface area (Å²) in [4.78, 5) is 11.2. The van der Waals surface area contributed by atoms with E-state index in [9.17, 15) is 4.79 Å². The molecule has 0 N–H and O–H groups in total. The van der Waals surface area contributed by atoms with Crippen LogP contribution in [0.2, 0.25) is 10.0 Å². The van der Waals surface area contributed by atoms with Gasteiger partial charge in [0.05, 0.1) is 29.0 Å². The smallest absolute Gasteiger partial charge is 0.308 e. The van der Waals surface area contributed by atoms with Crippen LogP contribution >= 0.6 is 23.2 Å². The van der Waals surface area contributed by atoms with E-state index in [1.54, 1.807) is 6.92 Å². The third-order valence-corrected chi connectivity index (χ3v) is 5.77. The maximum Gasteiger partial charge on any atom is 0.308 e. The first kappa shape index (κ1) is 24.2. The molecule has 0 aliphatic rings. The molecular weight excluding hydrogens is 453 g/mol. The van der Waals surface area contributed by atoms with Crippen LogP contribution in [0.3, 0.4) is 0 Å². The van der Waals surface area contributed by atoms with Crippen LogP contribution in [-0.4, -0.2) is 24.3 Å². The van der Waals surface area contributed by atoms with Gasteiger partial charge in [-0.05, 0) is 31.9 Å². The molecule has 0 bridgehead atoms. The summed E-state index contributed by atoms with van der Waals surface area (Å²) in [6.07, 6.45) is 3.27. The maximum atomic E-state index is 11.2. The second kappa shape index (κ2) is 10.9. The minimum absolute atomic E-state index is 0.283. The molecule has 2 aromatic carbocycles. The molecule has 1 aromatic heterocycles. The molecule has 0 radical (unpaired) electrons. The van der Waals surface area contributed by atoms with Gasteiger partial charge in [0.15, 0.2) is 11.3 Å². The number of carbonyl (C=O) groups excluding carboxylic acids is 1. The van der Waals surface area contributed by atoms with Gasteiger partial charge >= 0.3 is 5.97 Å². The van der Waals surface area contributed by atoms with Crippen molar-refractivity contribution in [1.29, 1.82) is 0 Å². The summed E-state index contributed by atoms with van der Waals surface area (Å²) in [7, 11) is 0. The Bertz CT molecular complexity index is 1110. The van der Waals surface area contributed by atoms with Crippen molar-refractivity contribution >= 4 is 40.1 Å². The first-order chi connectivity index (χ1) is 15.4.